The molecule has 6 nitrogen and oxygen atoms in total. The van der Waals surface area contributed by atoms with Crippen LogP contribution in [0, 0.1) is 5.92 Å². The van der Waals surface area contributed by atoms with Gasteiger partial charge in [0.2, 0.25) is 5.95 Å². The number of nitrogens with two attached hydrogens (primary N) is 1. The Kier molecular flexibility index (Phi) is 5.40. The van der Waals surface area contributed by atoms with E-state index in [-0.39, 0.29) is 5.95 Å². The summed E-state index contributed by atoms with van der Waals surface area (Å²) in [5, 5.41) is 5.59. The number of hydrogen-bond acceptors (Lipinski definition) is 4. The summed E-state index contributed by atoms with van der Waals surface area (Å²) < 4.78 is 37.5. The van der Waals surface area contributed by atoms with Crippen LogP contribution < -0.4 is 16.4 Å². The maximum Gasteiger partial charge on any atom is 0.433 e. The third kappa shape index (κ3) is 5.05. The monoisotopic (exact) mass is 316 g/mol. The topological polar surface area (TPSA) is 88.2 Å². The third-order valence-electron chi connectivity index (χ3n) is 3.40. The number of aliphatic imine (C=N–C) groups is 1. The Bertz CT molecular complexity index is 513. The highest BCUT2D eigenvalue weighted by molar-refractivity contribution is 5.77. The van der Waals surface area contributed by atoms with Gasteiger partial charge in [0, 0.05) is 25.8 Å². The van der Waals surface area contributed by atoms with Gasteiger partial charge in [0.1, 0.15) is 5.69 Å². The molecule has 0 bridgehead atoms. The van der Waals surface area contributed by atoms with Crippen molar-refractivity contribution in [1.29, 1.82) is 0 Å². The molecule has 0 atom stereocenters. The van der Waals surface area contributed by atoms with E-state index in [2.05, 4.69) is 25.6 Å². The Morgan fingerprint density at radius 3 is 2.77 bits per heavy atom. The molecular formula is C13H19F3N6. The largest absolute Gasteiger partial charge is 0.433 e. The standard InChI is InChI=1S/C13H19F3N6/c14-13(15,16)10-4-5-19-12(22-10)20-7-6-18-11(17)21-8-9-2-1-3-9/h4-5,9H,1-3,6-8H2,(H3,17,18,21)(H,19,20,22). The molecule has 122 valence electrons. The molecule has 1 aromatic heterocycles. The average Bonchev–Trinajstić information content (AvgIpc) is 2.41. The molecule has 1 aromatic rings. The number of alkyl halides is 3. The minimum atomic E-state index is -4.48. The zero-order valence-electron chi connectivity index (χ0n) is 12.0. The predicted octanol–water partition coefficient (Wildman–Crippen LogP) is 1.61. The highest BCUT2D eigenvalue weighted by Crippen LogP contribution is 2.27. The van der Waals surface area contributed by atoms with Crippen LogP contribution in [0.25, 0.3) is 0 Å². The quantitative estimate of drug-likeness (QED) is 0.421. The Labute approximate surface area is 126 Å². The second-order valence-corrected chi connectivity index (χ2v) is 5.14. The van der Waals surface area contributed by atoms with Gasteiger partial charge >= 0.3 is 6.18 Å². The molecule has 0 spiro atoms. The van der Waals surface area contributed by atoms with Crippen molar-refractivity contribution in [3.8, 4) is 0 Å². The van der Waals surface area contributed by atoms with Crippen LogP contribution in [0.4, 0.5) is 19.1 Å². The first kappa shape index (κ1) is 16.3. The van der Waals surface area contributed by atoms with Crippen molar-refractivity contribution >= 4 is 11.9 Å². The molecule has 0 amide bonds. The van der Waals surface area contributed by atoms with Gasteiger partial charge in [0.05, 0.1) is 0 Å². The molecule has 0 unspecified atom stereocenters. The van der Waals surface area contributed by atoms with Crippen LogP contribution >= 0.6 is 0 Å². The number of hydrogen-bond donors (Lipinski definition) is 3. The van der Waals surface area contributed by atoms with Crippen molar-refractivity contribution in [2.24, 2.45) is 16.6 Å². The number of nitrogens with zero attached hydrogens (tertiary/aromatic N) is 3. The number of halogens is 3. The number of rotatable bonds is 6. The summed E-state index contributed by atoms with van der Waals surface area (Å²) in [4.78, 5) is 11.4. The molecule has 22 heavy (non-hydrogen) atoms. The smallest absolute Gasteiger partial charge is 0.370 e. The Hall–Kier alpha value is -2.06. The summed E-state index contributed by atoms with van der Waals surface area (Å²) in [6.45, 7) is 1.48. The Balaban J connectivity index is 1.69. The molecular weight excluding hydrogens is 297 g/mol. The van der Waals surface area contributed by atoms with E-state index in [1.54, 1.807) is 0 Å². The first-order valence-electron chi connectivity index (χ1n) is 7.13. The minimum absolute atomic E-state index is 0.0680. The van der Waals surface area contributed by atoms with Gasteiger partial charge in [-0.05, 0) is 24.8 Å². The molecule has 1 saturated carbocycles. The second-order valence-electron chi connectivity index (χ2n) is 5.14. The highest BCUT2D eigenvalue weighted by Gasteiger charge is 2.32. The summed E-state index contributed by atoms with van der Waals surface area (Å²) in [6, 6.07) is 0.828. The summed E-state index contributed by atoms with van der Waals surface area (Å²) >= 11 is 0. The van der Waals surface area contributed by atoms with Crippen molar-refractivity contribution in [3.05, 3.63) is 18.0 Å². The highest BCUT2D eigenvalue weighted by atomic mass is 19.4. The molecule has 1 heterocycles. The van der Waals surface area contributed by atoms with Crippen molar-refractivity contribution in [3.63, 3.8) is 0 Å². The SMILES string of the molecule is NC(=NCC1CCC1)NCCNc1nccc(C(F)(F)F)n1. The first-order chi connectivity index (χ1) is 10.4. The molecule has 2 rings (SSSR count). The van der Waals surface area contributed by atoms with Gasteiger partial charge in [-0.25, -0.2) is 9.97 Å². The van der Waals surface area contributed by atoms with Crippen LogP contribution in [0.3, 0.4) is 0 Å². The first-order valence-corrected chi connectivity index (χ1v) is 7.13. The average molecular weight is 316 g/mol. The normalized spacial score (nSPS) is 16.2. The van der Waals surface area contributed by atoms with Gasteiger partial charge in [-0.2, -0.15) is 13.2 Å². The van der Waals surface area contributed by atoms with E-state index < -0.39 is 11.9 Å². The van der Waals surface area contributed by atoms with Gasteiger partial charge < -0.3 is 16.4 Å². The van der Waals surface area contributed by atoms with Crippen LogP contribution in [0.15, 0.2) is 17.3 Å². The van der Waals surface area contributed by atoms with Crippen molar-refractivity contribution < 1.29 is 13.2 Å². The lowest BCUT2D eigenvalue weighted by molar-refractivity contribution is -0.141. The zero-order valence-corrected chi connectivity index (χ0v) is 12.0. The molecule has 0 aliphatic heterocycles. The molecule has 1 fully saturated rings. The van der Waals surface area contributed by atoms with Gasteiger partial charge in [0.25, 0.3) is 0 Å². The second kappa shape index (κ2) is 7.28. The van der Waals surface area contributed by atoms with Crippen LogP contribution in [0.5, 0.6) is 0 Å². The number of aromatic nitrogens is 2. The van der Waals surface area contributed by atoms with Gasteiger partial charge in [0.15, 0.2) is 5.96 Å². The van der Waals surface area contributed by atoms with E-state index >= 15 is 0 Å². The molecule has 0 aromatic carbocycles. The number of nitrogens with one attached hydrogen (secondary N) is 2. The molecule has 1 aliphatic rings. The van der Waals surface area contributed by atoms with Gasteiger partial charge in [-0.3, -0.25) is 4.99 Å². The van der Waals surface area contributed by atoms with Crippen LogP contribution in [-0.4, -0.2) is 35.6 Å². The summed E-state index contributed by atoms with van der Waals surface area (Å²) in [5.74, 6) is 0.914. The molecule has 9 heteroatoms. The van der Waals surface area contributed by atoms with Gasteiger partial charge in [-0.15, -0.1) is 0 Å². The fourth-order valence-electron chi connectivity index (χ4n) is 1.93. The summed E-state index contributed by atoms with van der Waals surface area (Å²) in [7, 11) is 0. The number of anilines is 1. The van der Waals surface area contributed by atoms with Crippen molar-refractivity contribution in [2.75, 3.05) is 25.0 Å². The maximum absolute atomic E-state index is 12.5. The van der Waals surface area contributed by atoms with Crippen molar-refractivity contribution in [2.45, 2.75) is 25.4 Å². The third-order valence-corrected chi connectivity index (χ3v) is 3.40. The van der Waals surface area contributed by atoms with E-state index in [9.17, 15) is 13.2 Å². The zero-order chi connectivity index (χ0) is 16.0. The van der Waals surface area contributed by atoms with E-state index in [1.807, 2.05) is 0 Å². The summed E-state index contributed by atoms with van der Waals surface area (Å²) in [5.41, 5.74) is 4.72. The summed E-state index contributed by atoms with van der Waals surface area (Å²) in [6.07, 6.45) is 0.251. The lowest BCUT2D eigenvalue weighted by Crippen LogP contribution is -2.36. The van der Waals surface area contributed by atoms with Crippen LogP contribution in [0.1, 0.15) is 25.0 Å². The minimum Gasteiger partial charge on any atom is -0.370 e. The Morgan fingerprint density at radius 1 is 1.36 bits per heavy atom. The lowest BCUT2D eigenvalue weighted by atomic mass is 9.86. The number of guanidine groups is 1. The van der Waals surface area contributed by atoms with E-state index in [4.69, 9.17) is 5.73 Å². The Morgan fingerprint density at radius 2 is 2.14 bits per heavy atom. The van der Waals surface area contributed by atoms with Crippen molar-refractivity contribution in [1.82, 2.24) is 15.3 Å². The van der Waals surface area contributed by atoms with E-state index in [0.717, 1.165) is 18.8 Å². The van der Waals surface area contributed by atoms with E-state index in [1.165, 1.54) is 19.3 Å². The molecule has 0 radical (unpaired) electrons. The fraction of sp³-hybridized carbons (Fsp3) is 0.615. The fourth-order valence-corrected chi connectivity index (χ4v) is 1.93. The van der Waals surface area contributed by atoms with Crippen LogP contribution in [-0.2, 0) is 6.18 Å². The lowest BCUT2D eigenvalue weighted by Gasteiger charge is -2.23. The molecule has 0 saturated heterocycles. The molecule has 1 aliphatic carbocycles. The van der Waals surface area contributed by atoms with E-state index in [0.29, 0.717) is 25.0 Å². The van der Waals surface area contributed by atoms with Gasteiger partial charge in [-0.1, -0.05) is 6.42 Å². The van der Waals surface area contributed by atoms with Crippen LogP contribution in [0.2, 0.25) is 0 Å². The molecule has 4 N–H and O–H groups in total. The maximum atomic E-state index is 12.5. The predicted molar refractivity (Wildman–Crippen MR) is 77.4 cm³/mol.